The van der Waals surface area contributed by atoms with Crippen LogP contribution in [0, 0.1) is 12.7 Å². The summed E-state index contributed by atoms with van der Waals surface area (Å²) in [5.41, 5.74) is 3.19. The van der Waals surface area contributed by atoms with Crippen LogP contribution in [0.5, 0.6) is 0 Å². The van der Waals surface area contributed by atoms with Crippen LogP contribution >= 0.6 is 35.0 Å². The maximum Gasteiger partial charge on any atom is 0.143 e. The second-order valence-corrected chi connectivity index (χ2v) is 8.63. The van der Waals surface area contributed by atoms with Gasteiger partial charge in [0.25, 0.3) is 0 Å². The highest BCUT2D eigenvalue weighted by Crippen LogP contribution is 2.34. The van der Waals surface area contributed by atoms with E-state index in [0.29, 0.717) is 10.2 Å². The van der Waals surface area contributed by atoms with E-state index >= 15 is 0 Å². The van der Waals surface area contributed by atoms with E-state index in [9.17, 15) is 4.39 Å². The monoisotopic (exact) mass is 486 g/mol. The van der Waals surface area contributed by atoms with Gasteiger partial charge in [-0.1, -0.05) is 52.3 Å². The molecule has 0 bridgehead atoms. The Hall–Kier alpha value is -2.87. The fourth-order valence-electron chi connectivity index (χ4n) is 2.86. The van der Waals surface area contributed by atoms with Crippen LogP contribution in [-0.4, -0.2) is 21.0 Å². The topological polar surface area (TPSA) is 52.3 Å². The van der Waals surface area contributed by atoms with Crippen LogP contribution in [0.2, 0.25) is 10.2 Å². The first kappa shape index (κ1) is 22.3. The van der Waals surface area contributed by atoms with Gasteiger partial charge in [0, 0.05) is 21.7 Å². The second kappa shape index (κ2) is 10.2. The molecule has 4 rings (SSSR count). The van der Waals surface area contributed by atoms with Gasteiger partial charge in [0.1, 0.15) is 22.6 Å². The van der Waals surface area contributed by atoms with Gasteiger partial charge in [-0.05, 0) is 55.5 Å². The van der Waals surface area contributed by atoms with Crippen molar-refractivity contribution < 1.29 is 9.23 Å². The van der Waals surface area contributed by atoms with Crippen molar-refractivity contribution in [3.05, 3.63) is 99.7 Å². The molecule has 0 spiro atoms. The molecule has 0 N–H and O–H groups in total. The average molecular weight is 487 g/mol. The Kier molecular flexibility index (Phi) is 7.09. The third-order valence-corrected chi connectivity index (χ3v) is 5.97. The summed E-state index contributed by atoms with van der Waals surface area (Å²) in [6.45, 7) is 2.14. The highest BCUT2D eigenvalue weighted by atomic mass is 35.5. The van der Waals surface area contributed by atoms with E-state index in [1.807, 2.05) is 31.2 Å². The van der Waals surface area contributed by atoms with Crippen LogP contribution < -0.4 is 0 Å². The number of benzene rings is 2. The first-order valence-electron chi connectivity index (χ1n) is 9.54. The molecule has 2 aromatic heterocycles. The van der Waals surface area contributed by atoms with E-state index in [0.717, 1.165) is 32.4 Å². The fraction of sp³-hybridized carbons (Fsp3) is 0.0870. The normalized spacial score (nSPS) is 11.2. The predicted octanol–water partition coefficient (Wildman–Crippen LogP) is 6.72. The zero-order chi connectivity index (χ0) is 22.5. The van der Waals surface area contributed by atoms with Crippen molar-refractivity contribution in [2.45, 2.75) is 23.5 Å². The Labute approximate surface area is 198 Å². The van der Waals surface area contributed by atoms with Gasteiger partial charge in [-0.3, -0.25) is 0 Å². The van der Waals surface area contributed by atoms with Crippen LogP contribution in [0.1, 0.15) is 16.8 Å². The van der Waals surface area contributed by atoms with Crippen LogP contribution in [0.15, 0.2) is 81.9 Å². The highest BCUT2D eigenvalue weighted by molar-refractivity contribution is 7.99. The zero-order valence-corrected chi connectivity index (χ0v) is 19.2. The van der Waals surface area contributed by atoms with Gasteiger partial charge in [0.05, 0.1) is 23.2 Å². The molecule has 0 atom stereocenters. The van der Waals surface area contributed by atoms with E-state index in [4.69, 9.17) is 28.0 Å². The van der Waals surface area contributed by atoms with Crippen molar-refractivity contribution in [1.82, 2.24) is 14.8 Å². The van der Waals surface area contributed by atoms with E-state index in [1.54, 1.807) is 41.4 Å². The number of aryl methyl sites for hydroxylation is 1. The molecule has 2 heterocycles. The van der Waals surface area contributed by atoms with Crippen molar-refractivity contribution >= 4 is 41.2 Å². The average Bonchev–Trinajstić information content (AvgIpc) is 3.09. The molecule has 0 amide bonds. The molecule has 2 aromatic carbocycles. The van der Waals surface area contributed by atoms with Crippen molar-refractivity contribution in [2.24, 2.45) is 5.16 Å². The first-order chi connectivity index (χ1) is 15.5. The number of nitrogens with zero attached hydrogens (tertiary/aromatic N) is 4. The maximum absolute atomic E-state index is 13.4. The van der Waals surface area contributed by atoms with Gasteiger partial charge in [-0.2, -0.15) is 5.10 Å². The molecular formula is C23H17Cl2FN4OS. The van der Waals surface area contributed by atoms with Crippen molar-refractivity contribution in [1.29, 1.82) is 0 Å². The second-order valence-electron chi connectivity index (χ2n) is 6.75. The SMILES string of the molecule is Cc1nn(-c2cccc(Cl)c2)c(Sc2ccc(F)cc2)c1/C=N/OCc1ccc(Cl)nc1. The summed E-state index contributed by atoms with van der Waals surface area (Å²) < 4.78 is 15.2. The Bertz CT molecular complexity index is 1240. The number of halogens is 3. The molecule has 162 valence electrons. The van der Waals surface area contributed by atoms with E-state index in [1.165, 1.54) is 23.9 Å². The molecule has 32 heavy (non-hydrogen) atoms. The lowest BCUT2D eigenvalue weighted by Crippen LogP contribution is -1.99. The lowest BCUT2D eigenvalue weighted by molar-refractivity contribution is 0.132. The summed E-state index contributed by atoms with van der Waals surface area (Å²) in [6.07, 6.45) is 3.26. The van der Waals surface area contributed by atoms with Crippen LogP contribution in [0.4, 0.5) is 4.39 Å². The minimum atomic E-state index is -0.291. The van der Waals surface area contributed by atoms with Gasteiger partial charge in [-0.25, -0.2) is 14.1 Å². The molecule has 0 fully saturated rings. The number of hydrogen-bond acceptors (Lipinski definition) is 5. The summed E-state index contributed by atoms with van der Waals surface area (Å²) in [6, 6.07) is 17.2. The quantitative estimate of drug-likeness (QED) is 0.165. The summed E-state index contributed by atoms with van der Waals surface area (Å²) in [5, 5.41) is 10.6. The molecule has 4 aromatic rings. The van der Waals surface area contributed by atoms with Gasteiger partial charge in [0.2, 0.25) is 0 Å². The van der Waals surface area contributed by atoms with Crippen LogP contribution in [0.25, 0.3) is 5.69 Å². The van der Waals surface area contributed by atoms with Crippen molar-refractivity contribution in [3.63, 3.8) is 0 Å². The van der Waals surface area contributed by atoms with Gasteiger partial charge in [-0.15, -0.1) is 0 Å². The van der Waals surface area contributed by atoms with Crippen LogP contribution in [0.3, 0.4) is 0 Å². The molecule has 0 saturated carbocycles. The lowest BCUT2D eigenvalue weighted by Gasteiger charge is -2.09. The Morgan fingerprint density at radius 2 is 1.94 bits per heavy atom. The molecule has 0 aliphatic heterocycles. The number of pyridine rings is 1. The van der Waals surface area contributed by atoms with Gasteiger partial charge in [0.15, 0.2) is 0 Å². The summed E-state index contributed by atoms with van der Waals surface area (Å²) in [7, 11) is 0. The molecule has 0 unspecified atom stereocenters. The molecule has 5 nitrogen and oxygen atoms in total. The van der Waals surface area contributed by atoms with Gasteiger partial charge < -0.3 is 4.84 Å². The zero-order valence-electron chi connectivity index (χ0n) is 16.9. The highest BCUT2D eigenvalue weighted by Gasteiger charge is 2.17. The minimum Gasteiger partial charge on any atom is -0.391 e. The Morgan fingerprint density at radius 1 is 1.12 bits per heavy atom. The van der Waals surface area contributed by atoms with Crippen molar-refractivity contribution in [2.75, 3.05) is 0 Å². The Morgan fingerprint density at radius 3 is 2.66 bits per heavy atom. The molecule has 0 radical (unpaired) electrons. The van der Waals surface area contributed by atoms with Crippen molar-refractivity contribution in [3.8, 4) is 5.69 Å². The van der Waals surface area contributed by atoms with Gasteiger partial charge >= 0.3 is 0 Å². The predicted molar refractivity (Wildman–Crippen MR) is 125 cm³/mol. The van der Waals surface area contributed by atoms with E-state index < -0.39 is 0 Å². The molecule has 0 saturated heterocycles. The maximum atomic E-state index is 13.4. The third kappa shape index (κ3) is 5.48. The Balaban J connectivity index is 1.64. The third-order valence-electron chi connectivity index (χ3n) is 4.42. The number of oxime groups is 1. The minimum absolute atomic E-state index is 0.253. The lowest BCUT2D eigenvalue weighted by atomic mass is 10.3. The standard InChI is InChI=1S/C23H17Cl2FN4OS/c1-15-21(13-28-31-14-16-5-10-22(25)27-12-16)23(32-20-8-6-18(26)7-9-20)30(29-15)19-4-2-3-17(24)11-19/h2-13H,14H2,1H3/b28-13+. The number of rotatable bonds is 7. The summed E-state index contributed by atoms with van der Waals surface area (Å²) in [5.74, 6) is -0.291. The van der Waals surface area contributed by atoms with Crippen LogP contribution in [-0.2, 0) is 11.4 Å². The summed E-state index contributed by atoms with van der Waals surface area (Å²) >= 11 is 13.4. The van der Waals surface area contributed by atoms with E-state index in [2.05, 4.69) is 15.2 Å². The largest absolute Gasteiger partial charge is 0.391 e. The molecule has 0 aliphatic carbocycles. The fourth-order valence-corrected chi connectivity index (χ4v) is 4.19. The molecule has 9 heteroatoms. The first-order valence-corrected chi connectivity index (χ1v) is 11.1. The summed E-state index contributed by atoms with van der Waals surface area (Å²) in [4.78, 5) is 10.3. The molecular weight excluding hydrogens is 470 g/mol. The smallest absolute Gasteiger partial charge is 0.143 e. The molecule has 0 aliphatic rings. The number of hydrogen-bond donors (Lipinski definition) is 0. The number of aromatic nitrogens is 3. The van der Waals surface area contributed by atoms with E-state index in [-0.39, 0.29) is 12.4 Å².